The summed E-state index contributed by atoms with van der Waals surface area (Å²) in [5.74, 6) is -4.99. The predicted molar refractivity (Wildman–Crippen MR) is 75.3 cm³/mol. The molecule has 2 aromatic rings. The van der Waals surface area contributed by atoms with Crippen molar-refractivity contribution < 1.29 is 31.8 Å². The van der Waals surface area contributed by atoms with E-state index in [1.807, 2.05) is 0 Å². The van der Waals surface area contributed by atoms with Crippen LogP contribution < -0.4 is 4.31 Å². The summed E-state index contributed by atoms with van der Waals surface area (Å²) < 4.78 is 55.5. The van der Waals surface area contributed by atoms with E-state index in [1.165, 1.54) is 6.92 Å². The summed E-state index contributed by atoms with van der Waals surface area (Å²) in [7, 11) is -2.61. The van der Waals surface area contributed by atoms with Crippen molar-refractivity contribution in [1.29, 1.82) is 0 Å². The van der Waals surface area contributed by atoms with E-state index in [2.05, 4.69) is 0 Å². The second-order valence-electron chi connectivity index (χ2n) is 4.43. The SMILES string of the molecule is CCS(=O)(=O)N(C)c1oc(-c2ccc(F)c(F)c2)c(O)c1O. The monoisotopic (exact) mass is 333 g/mol. The minimum absolute atomic E-state index is 0.0553. The normalized spacial score (nSPS) is 11.6. The van der Waals surface area contributed by atoms with Crippen LogP contribution in [0.3, 0.4) is 0 Å². The molecule has 0 saturated heterocycles. The lowest BCUT2D eigenvalue weighted by molar-refractivity contribution is 0.409. The number of furan rings is 1. The van der Waals surface area contributed by atoms with Crippen LogP contribution in [0, 0.1) is 11.6 Å². The van der Waals surface area contributed by atoms with Crippen molar-refractivity contribution in [3.8, 4) is 22.8 Å². The van der Waals surface area contributed by atoms with Gasteiger partial charge in [0.25, 0.3) is 5.88 Å². The molecule has 0 atom stereocenters. The molecule has 1 aromatic heterocycles. The zero-order chi connectivity index (χ0) is 16.7. The van der Waals surface area contributed by atoms with Crippen molar-refractivity contribution in [2.75, 3.05) is 17.1 Å². The molecule has 9 heteroatoms. The number of rotatable bonds is 4. The lowest BCUT2D eigenvalue weighted by atomic mass is 10.1. The minimum atomic E-state index is -3.74. The van der Waals surface area contributed by atoms with E-state index in [4.69, 9.17) is 4.42 Å². The molecule has 1 aromatic carbocycles. The largest absolute Gasteiger partial charge is 0.502 e. The number of halogens is 2. The van der Waals surface area contributed by atoms with Crippen LogP contribution in [0.1, 0.15) is 6.92 Å². The number of hydrogen-bond acceptors (Lipinski definition) is 5. The maximum Gasteiger partial charge on any atom is 0.256 e. The summed E-state index contributed by atoms with van der Waals surface area (Å²) in [5, 5.41) is 19.7. The molecule has 0 spiro atoms. The van der Waals surface area contributed by atoms with Gasteiger partial charge in [-0.15, -0.1) is 0 Å². The molecular formula is C13H13F2NO5S. The highest BCUT2D eigenvalue weighted by Gasteiger charge is 2.28. The van der Waals surface area contributed by atoms with Crippen LogP contribution in [0.15, 0.2) is 22.6 Å². The number of sulfonamides is 1. The Hall–Kier alpha value is -2.29. The van der Waals surface area contributed by atoms with Crippen molar-refractivity contribution in [3.63, 3.8) is 0 Å². The molecule has 1 heterocycles. The lowest BCUT2D eigenvalue weighted by Gasteiger charge is -2.14. The fraction of sp³-hybridized carbons (Fsp3) is 0.231. The van der Waals surface area contributed by atoms with Crippen molar-refractivity contribution >= 4 is 15.9 Å². The molecule has 22 heavy (non-hydrogen) atoms. The van der Waals surface area contributed by atoms with E-state index >= 15 is 0 Å². The van der Waals surface area contributed by atoms with Crippen LogP contribution in [0.4, 0.5) is 14.7 Å². The molecular weight excluding hydrogens is 320 g/mol. The van der Waals surface area contributed by atoms with Gasteiger partial charge in [-0.3, -0.25) is 0 Å². The highest BCUT2D eigenvalue weighted by molar-refractivity contribution is 7.92. The summed E-state index contributed by atoms with van der Waals surface area (Å²) in [5.41, 5.74) is -0.0553. The molecule has 0 fully saturated rings. The third-order valence-corrected chi connectivity index (χ3v) is 4.82. The molecule has 0 saturated carbocycles. The fourth-order valence-corrected chi connectivity index (χ4v) is 2.53. The molecule has 0 aliphatic heterocycles. The zero-order valence-corrected chi connectivity index (χ0v) is 12.5. The van der Waals surface area contributed by atoms with E-state index in [-0.39, 0.29) is 17.1 Å². The quantitative estimate of drug-likeness (QED) is 0.897. The molecule has 120 valence electrons. The van der Waals surface area contributed by atoms with E-state index in [0.29, 0.717) is 4.31 Å². The van der Waals surface area contributed by atoms with E-state index in [1.54, 1.807) is 0 Å². The second-order valence-corrected chi connectivity index (χ2v) is 6.72. The first-order chi connectivity index (χ1) is 10.2. The Morgan fingerprint density at radius 1 is 1.18 bits per heavy atom. The molecule has 0 radical (unpaired) electrons. The Morgan fingerprint density at radius 3 is 2.36 bits per heavy atom. The summed E-state index contributed by atoms with van der Waals surface area (Å²) in [6.07, 6.45) is 0. The first-order valence-electron chi connectivity index (χ1n) is 6.15. The Bertz CT molecular complexity index is 816. The van der Waals surface area contributed by atoms with Gasteiger partial charge in [0, 0.05) is 12.6 Å². The van der Waals surface area contributed by atoms with Crippen molar-refractivity contribution in [3.05, 3.63) is 29.8 Å². The third-order valence-electron chi connectivity index (χ3n) is 3.09. The van der Waals surface area contributed by atoms with Gasteiger partial charge < -0.3 is 14.6 Å². The first kappa shape index (κ1) is 16.1. The smallest absolute Gasteiger partial charge is 0.256 e. The summed E-state index contributed by atoms with van der Waals surface area (Å²) in [4.78, 5) is 0. The van der Waals surface area contributed by atoms with Crippen LogP contribution in [0.5, 0.6) is 11.5 Å². The Morgan fingerprint density at radius 2 is 1.82 bits per heavy atom. The van der Waals surface area contributed by atoms with Crippen molar-refractivity contribution in [2.24, 2.45) is 0 Å². The number of aromatic hydroxyl groups is 2. The predicted octanol–water partition coefficient (Wildman–Crippen LogP) is 2.42. The zero-order valence-electron chi connectivity index (χ0n) is 11.7. The topological polar surface area (TPSA) is 91.0 Å². The molecule has 0 aliphatic carbocycles. The van der Waals surface area contributed by atoms with Gasteiger partial charge in [0.2, 0.25) is 21.5 Å². The summed E-state index contributed by atoms with van der Waals surface area (Å²) in [6.45, 7) is 1.39. The Kier molecular flexibility index (Phi) is 4.01. The number of nitrogens with zero attached hydrogens (tertiary/aromatic N) is 1. The van der Waals surface area contributed by atoms with Crippen LogP contribution in [0.2, 0.25) is 0 Å². The van der Waals surface area contributed by atoms with Gasteiger partial charge >= 0.3 is 0 Å². The van der Waals surface area contributed by atoms with Crippen molar-refractivity contribution in [2.45, 2.75) is 6.92 Å². The van der Waals surface area contributed by atoms with Crippen LogP contribution in [-0.2, 0) is 10.0 Å². The van der Waals surface area contributed by atoms with Gasteiger partial charge in [0.15, 0.2) is 17.4 Å². The molecule has 2 rings (SSSR count). The maximum absolute atomic E-state index is 13.2. The van der Waals surface area contributed by atoms with Crippen LogP contribution >= 0.6 is 0 Å². The number of benzene rings is 1. The van der Waals surface area contributed by atoms with Gasteiger partial charge in [-0.1, -0.05) is 0 Å². The minimum Gasteiger partial charge on any atom is -0.502 e. The summed E-state index contributed by atoms with van der Waals surface area (Å²) in [6, 6.07) is 2.69. The van der Waals surface area contributed by atoms with Crippen LogP contribution in [-0.4, -0.2) is 31.4 Å². The van der Waals surface area contributed by atoms with E-state index < -0.39 is 39.0 Å². The van der Waals surface area contributed by atoms with Gasteiger partial charge in [0.05, 0.1) is 5.75 Å². The van der Waals surface area contributed by atoms with E-state index in [0.717, 1.165) is 25.2 Å². The van der Waals surface area contributed by atoms with Gasteiger partial charge in [0.1, 0.15) is 0 Å². The highest BCUT2D eigenvalue weighted by Crippen LogP contribution is 2.47. The number of hydrogen-bond donors (Lipinski definition) is 2. The molecule has 2 N–H and O–H groups in total. The Labute approximate surface area is 125 Å². The molecule has 0 unspecified atom stereocenters. The fourth-order valence-electron chi connectivity index (χ4n) is 1.77. The average Bonchev–Trinajstić information content (AvgIpc) is 2.77. The highest BCUT2D eigenvalue weighted by atomic mass is 32.2. The average molecular weight is 333 g/mol. The van der Waals surface area contributed by atoms with Gasteiger partial charge in [-0.25, -0.2) is 21.5 Å². The van der Waals surface area contributed by atoms with Gasteiger partial charge in [-0.05, 0) is 25.1 Å². The summed E-state index contributed by atoms with van der Waals surface area (Å²) >= 11 is 0. The lowest BCUT2D eigenvalue weighted by Crippen LogP contribution is -2.27. The molecule has 0 amide bonds. The Balaban J connectivity index is 2.57. The standard InChI is InChI=1S/C13H13F2NO5S/c1-3-22(19,20)16(2)13-11(18)10(17)12(21-13)7-4-5-8(14)9(15)6-7/h4-6,17-18H,3H2,1-2H3. The molecule has 6 nitrogen and oxygen atoms in total. The van der Waals surface area contributed by atoms with Crippen LogP contribution in [0.25, 0.3) is 11.3 Å². The second kappa shape index (κ2) is 5.48. The molecule has 0 bridgehead atoms. The van der Waals surface area contributed by atoms with Gasteiger partial charge in [-0.2, -0.15) is 0 Å². The van der Waals surface area contributed by atoms with Crippen molar-refractivity contribution in [1.82, 2.24) is 0 Å². The third kappa shape index (κ3) is 2.59. The number of anilines is 1. The maximum atomic E-state index is 13.2. The first-order valence-corrected chi connectivity index (χ1v) is 7.76. The van der Waals surface area contributed by atoms with E-state index in [9.17, 15) is 27.4 Å². The molecule has 0 aliphatic rings.